The Morgan fingerprint density at radius 3 is 1.87 bits per heavy atom. The molecule has 92 valence electrons. The fourth-order valence-corrected chi connectivity index (χ4v) is 0.653. The Hall–Kier alpha value is -0.740. The van der Waals surface area contributed by atoms with Gasteiger partial charge in [-0.3, -0.25) is 9.35 Å². The lowest BCUT2D eigenvalue weighted by molar-refractivity contribution is -0.140. The Morgan fingerprint density at radius 2 is 1.87 bits per heavy atom. The van der Waals surface area contributed by atoms with Gasteiger partial charge in [0.1, 0.15) is 6.04 Å². The van der Waals surface area contributed by atoms with Gasteiger partial charge in [0.25, 0.3) is 10.1 Å². The van der Waals surface area contributed by atoms with E-state index in [9.17, 15) is 13.2 Å². The van der Waals surface area contributed by atoms with Crippen molar-refractivity contribution in [2.75, 3.05) is 12.3 Å². The minimum absolute atomic E-state index is 0.0289. The highest BCUT2D eigenvalue weighted by atomic mass is 32.2. The first-order valence-electron chi connectivity index (χ1n) is 3.93. The zero-order valence-electron chi connectivity index (χ0n) is 8.20. The number of aliphatic hydroxyl groups is 1. The summed E-state index contributed by atoms with van der Waals surface area (Å²) in [7, 11) is -3.80. The second-order valence-corrected chi connectivity index (χ2v) is 4.25. The lowest BCUT2D eigenvalue weighted by Gasteiger charge is -2.06. The second-order valence-electron chi connectivity index (χ2n) is 2.68. The molecule has 0 radical (unpaired) electrons. The van der Waals surface area contributed by atoms with E-state index in [0.29, 0.717) is 0 Å². The Kier molecular flexibility index (Phi) is 8.38. The first kappa shape index (κ1) is 16.7. The second kappa shape index (κ2) is 7.54. The Labute approximate surface area is 87.6 Å². The van der Waals surface area contributed by atoms with E-state index in [1.165, 1.54) is 6.92 Å². The van der Waals surface area contributed by atoms with Crippen molar-refractivity contribution in [3.63, 3.8) is 0 Å². The normalized spacial score (nSPS) is 14.7. The molecule has 0 amide bonds. The van der Waals surface area contributed by atoms with Crippen molar-refractivity contribution in [3.05, 3.63) is 0 Å². The molecule has 0 saturated carbocycles. The molecule has 2 unspecified atom stereocenters. The number of nitrogens with two attached hydrogens (primary N) is 2. The molecule has 0 rings (SSSR count). The minimum atomic E-state index is -3.80. The fraction of sp³-hybridized carbons (Fsp3) is 0.833. The van der Waals surface area contributed by atoms with Crippen molar-refractivity contribution in [1.82, 2.24) is 0 Å². The molecular weight excluding hydrogens is 228 g/mol. The molecule has 0 bridgehead atoms. The molecule has 7 N–H and O–H groups in total. The number of carboxylic acid groups (broad SMARTS) is 1. The monoisotopic (exact) mass is 244 g/mol. The van der Waals surface area contributed by atoms with Crippen molar-refractivity contribution in [3.8, 4) is 0 Å². The van der Waals surface area contributed by atoms with Gasteiger partial charge in [-0.05, 0) is 6.92 Å². The highest BCUT2D eigenvalue weighted by Gasteiger charge is 2.16. The summed E-state index contributed by atoms with van der Waals surface area (Å²) >= 11 is 0. The standard InChI is InChI=1S/C4H9NO3.C2H7NO3S/c1-2(6)3(5)4(7)8;3-1-2-7(4,5)6/h2-3,6H,5H2,1H3,(H,7,8);1-3H2,(H,4,5,6). The van der Waals surface area contributed by atoms with Gasteiger partial charge in [-0.1, -0.05) is 0 Å². The van der Waals surface area contributed by atoms with Gasteiger partial charge in [0, 0.05) is 6.54 Å². The van der Waals surface area contributed by atoms with Gasteiger partial charge in [-0.15, -0.1) is 0 Å². The summed E-state index contributed by atoms with van der Waals surface area (Å²) in [4.78, 5) is 9.86. The number of aliphatic carboxylic acids is 1. The fourth-order valence-electron chi connectivity index (χ4n) is 0.355. The van der Waals surface area contributed by atoms with Gasteiger partial charge in [0.2, 0.25) is 0 Å². The van der Waals surface area contributed by atoms with Gasteiger partial charge < -0.3 is 21.7 Å². The van der Waals surface area contributed by atoms with Crippen LogP contribution in [0.2, 0.25) is 0 Å². The number of aliphatic hydroxyl groups excluding tert-OH is 1. The van der Waals surface area contributed by atoms with Gasteiger partial charge >= 0.3 is 5.97 Å². The van der Waals surface area contributed by atoms with Gasteiger partial charge in [0.15, 0.2) is 0 Å². The summed E-state index contributed by atoms with van der Waals surface area (Å²) < 4.78 is 27.3. The molecule has 0 aliphatic carbocycles. The van der Waals surface area contributed by atoms with Crippen molar-refractivity contribution >= 4 is 16.1 Å². The third kappa shape index (κ3) is 13.3. The lowest BCUT2D eigenvalue weighted by atomic mass is 10.2. The van der Waals surface area contributed by atoms with E-state index in [4.69, 9.17) is 26.2 Å². The number of rotatable bonds is 4. The van der Waals surface area contributed by atoms with Crippen LogP contribution in [0.3, 0.4) is 0 Å². The van der Waals surface area contributed by atoms with Crippen LogP contribution in [-0.2, 0) is 14.9 Å². The topological polar surface area (TPSA) is 164 Å². The Balaban J connectivity index is 0. The van der Waals surface area contributed by atoms with Crippen LogP contribution in [0.5, 0.6) is 0 Å². The van der Waals surface area contributed by atoms with E-state index in [2.05, 4.69) is 0 Å². The van der Waals surface area contributed by atoms with Gasteiger partial charge in [0.05, 0.1) is 11.9 Å². The van der Waals surface area contributed by atoms with Crippen LogP contribution in [0, 0.1) is 0 Å². The van der Waals surface area contributed by atoms with E-state index < -0.39 is 28.2 Å². The molecule has 0 heterocycles. The molecule has 0 fully saturated rings. The summed E-state index contributed by atoms with van der Waals surface area (Å²) in [5, 5.41) is 16.6. The van der Waals surface area contributed by atoms with Crippen molar-refractivity contribution in [2.24, 2.45) is 11.5 Å². The summed E-state index contributed by atoms with van der Waals surface area (Å²) in [6.45, 7) is 1.30. The average Bonchev–Trinajstić information content (AvgIpc) is 2.01. The molecule has 9 heteroatoms. The third-order valence-corrected chi connectivity index (χ3v) is 1.93. The molecule has 0 aromatic carbocycles. The molecule has 0 aliphatic rings. The number of hydrogen-bond acceptors (Lipinski definition) is 6. The Morgan fingerprint density at radius 1 is 1.47 bits per heavy atom. The first-order chi connectivity index (χ1) is 6.61. The largest absolute Gasteiger partial charge is 0.480 e. The lowest BCUT2D eigenvalue weighted by Crippen LogP contribution is -2.39. The predicted molar refractivity (Wildman–Crippen MR) is 52.8 cm³/mol. The molecule has 0 spiro atoms. The Bertz CT molecular complexity index is 275. The van der Waals surface area contributed by atoms with Crippen molar-refractivity contribution in [1.29, 1.82) is 0 Å². The summed E-state index contributed by atoms with van der Waals surface area (Å²) in [5.41, 5.74) is 9.69. The highest BCUT2D eigenvalue weighted by molar-refractivity contribution is 7.85. The maximum Gasteiger partial charge on any atom is 0.323 e. The summed E-state index contributed by atoms with van der Waals surface area (Å²) in [6.07, 6.45) is -0.979. The molecule has 0 saturated heterocycles. The van der Waals surface area contributed by atoms with Crippen LogP contribution in [0.25, 0.3) is 0 Å². The van der Waals surface area contributed by atoms with E-state index >= 15 is 0 Å². The zero-order chi connectivity index (χ0) is 12.6. The van der Waals surface area contributed by atoms with Gasteiger partial charge in [-0.2, -0.15) is 8.42 Å². The molecule has 15 heavy (non-hydrogen) atoms. The van der Waals surface area contributed by atoms with E-state index in [1.54, 1.807) is 0 Å². The smallest absolute Gasteiger partial charge is 0.323 e. The molecule has 0 aromatic heterocycles. The number of hydrogen-bond donors (Lipinski definition) is 5. The zero-order valence-corrected chi connectivity index (χ0v) is 9.01. The molecule has 2 atom stereocenters. The maximum absolute atomic E-state index is 9.86. The molecule has 0 aliphatic heterocycles. The third-order valence-electron chi connectivity index (χ3n) is 1.18. The summed E-state index contributed by atoms with van der Waals surface area (Å²) in [5.74, 6) is -1.53. The number of carboxylic acids is 1. The average molecular weight is 244 g/mol. The molecule has 0 aromatic rings. The van der Waals surface area contributed by atoms with Crippen LogP contribution >= 0.6 is 0 Å². The first-order valence-corrected chi connectivity index (χ1v) is 5.54. The molecule has 8 nitrogen and oxygen atoms in total. The van der Waals surface area contributed by atoms with Crippen LogP contribution in [-0.4, -0.2) is 53.6 Å². The van der Waals surface area contributed by atoms with Crippen molar-refractivity contribution < 1.29 is 28.0 Å². The quantitative estimate of drug-likeness (QED) is 0.342. The van der Waals surface area contributed by atoms with Crippen LogP contribution in [0.15, 0.2) is 0 Å². The van der Waals surface area contributed by atoms with Crippen molar-refractivity contribution in [2.45, 2.75) is 19.1 Å². The maximum atomic E-state index is 9.86. The van der Waals surface area contributed by atoms with E-state index in [1.807, 2.05) is 0 Å². The molecular formula is C6H16N2O6S. The van der Waals surface area contributed by atoms with E-state index in [0.717, 1.165) is 0 Å². The highest BCUT2D eigenvalue weighted by Crippen LogP contribution is 1.85. The summed E-state index contributed by atoms with van der Waals surface area (Å²) in [6, 6.07) is -1.16. The van der Waals surface area contributed by atoms with Gasteiger partial charge in [-0.25, -0.2) is 0 Å². The number of carbonyl (C=O) groups is 1. The van der Waals surface area contributed by atoms with Crippen LogP contribution in [0.1, 0.15) is 6.92 Å². The predicted octanol–water partition coefficient (Wildman–Crippen LogP) is -2.39. The van der Waals surface area contributed by atoms with E-state index in [-0.39, 0.29) is 12.3 Å². The minimum Gasteiger partial charge on any atom is -0.480 e. The van der Waals surface area contributed by atoms with Crippen LogP contribution < -0.4 is 11.5 Å². The van der Waals surface area contributed by atoms with Crippen LogP contribution in [0.4, 0.5) is 0 Å². The SMILES string of the molecule is CC(O)C(N)C(=O)O.NCCS(=O)(=O)O.